The van der Waals surface area contributed by atoms with E-state index in [1.54, 1.807) is 0 Å². The van der Waals surface area contributed by atoms with Crippen LogP contribution in [0.1, 0.15) is 27.2 Å². The monoisotopic (exact) mass is 159 g/mol. The molecule has 0 saturated carbocycles. The summed E-state index contributed by atoms with van der Waals surface area (Å²) in [5.41, 5.74) is 5.38. The average molecular weight is 159 g/mol. The van der Waals surface area contributed by atoms with Crippen LogP contribution in [0.15, 0.2) is 0 Å². The summed E-state index contributed by atoms with van der Waals surface area (Å²) in [5, 5.41) is 9.57. The summed E-state index contributed by atoms with van der Waals surface area (Å²) >= 11 is 0. The van der Waals surface area contributed by atoms with Crippen molar-refractivity contribution in [3.63, 3.8) is 0 Å². The van der Waals surface area contributed by atoms with Crippen LogP contribution in [0.3, 0.4) is 0 Å². The summed E-state index contributed by atoms with van der Waals surface area (Å²) in [6.07, 6.45) is 0.189. The van der Waals surface area contributed by atoms with Crippen molar-refractivity contribution < 1.29 is 9.84 Å². The van der Waals surface area contributed by atoms with Crippen LogP contribution >= 0.6 is 0 Å². The molecule has 1 saturated heterocycles. The lowest BCUT2D eigenvalue weighted by molar-refractivity contribution is -0.135. The summed E-state index contributed by atoms with van der Waals surface area (Å²) in [5.74, 6) is 0. The third-order valence-corrected chi connectivity index (χ3v) is 2.29. The zero-order valence-electron chi connectivity index (χ0n) is 7.37. The Labute approximate surface area is 67.5 Å². The lowest BCUT2D eigenvalue weighted by Gasteiger charge is -2.42. The predicted octanol–water partition coefficient (Wildman–Crippen LogP) is 0.262. The van der Waals surface area contributed by atoms with Crippen molar-refractivity contribution in [1.29, 1.82) is 0 Å². The van der Waals surface area contributed by atoms with E-state index in [4.69, 9.17) is 10.5 Å². The van der Waals surface area contributed by atoms with Crippen molar-refractivity contribution in [3.8, 4) is 0 Å². The molecule has 1 aliphatic rings. The lowest BCUT2D eigenvalue weighted by atomic mass is 9.84. The molecule has 0 radical (unpaired) electrons. The number of rotatable bonds is 0. The van der Waals surface area contributed by atoms with Gasteiger partial charge in [0.25, 0.3) is 0 Å². The highest BCUT2D eigenvalue weighted by Gasteiger charge is 2.39. The van der Waals surface area contributed by atoms with E-state index in [1.807, 2.05) is 20.8 Å². The minimum absolute atomic E-state index is 0.145. The minimum atomic E-state index is -0.543. The topological polar surface area (TPSA) is 55.5 Å². The zero-order chi connectivity index (χ0) is 8.65. The second-order valence-electron chi connectivity index (χ2n) is 3.81. The smallest absolute Gasteiger partial charge is 0.0976 e. The number of nitrogens with two attached hydrogens (primary N) is 1. The fourth-order valence-electron chi connectivity index (χ4n) is 1.77. The maximum Gasteiger partial charge on any atom is 0.0976 e. The van der Waals surface area contributed by atoms with E-state index in [-0.39, 0.29) is 12.2 Å². The highest BCUT2D eigenvalue weighted by Crippen LogP contribution is 2.26. The number of aliphatic hydroxyl groups excluding tert-OH is 1. The fourth-order valence-corrected chi connectivity index (χ4v) is 1.77. The molecule has 0 aromatic rings. The van der Waals surface area contributed by atoms with Gasteiger partial charge in [0.1, 0.15) is 0 Å². The molecule has 1 fully saturated rings. The Morgan fingerprint density at radius 1 is 1.55 bits per heavy atom. The van der Waals surface area contributed by atoms with Gasteiger partial charge in [0.2, 0.25) is 0 Å². The highest BCUT2D eigenvalue weighted by atomic mass is 16.5. The van der Waals surface area contributed by atoms with Crippen LogP contribution in [-0.4, -0.2) is 29.0 Å². The second kappa shape index (κ2) is 2.73. The third kappa shape index (κ3) is 1.72. The van der Waals surface area contributed by atoms with Crippen molar-refractivity contribution in [2.45, 2.75) is 51.0 Å². The van der Waals surface area contributed by atoms with Crippen LogP contribution in [0.25, 0.3) is 0 Å². The summed E-state index contributed by atoms with van der Waals surface area (Å²) in [7, 11) is 0. The summed E-state index contributed by atoms with van der Waals surface area (Å²) in [6, 6.07) is 0. The van der Waals surface area contributed by atoms with Gasteiger partial charge >= 0.3 is 0 Å². The third-order valence-electron chi connectivity index (χ3n) is 2.29. The molecule has 66 valence electrons. The Morgan fingerprint density at radius 3 is 2.55 bits per heavy atom. The van der Waals surface area contributed by atoms with Crippen molar-refractivity contribution in [1.82, 2.24) is 0 Å². The standard InChI is InChI=1S/C8H17NO2/c1-5-4-8(3,9)7(10)6(2)11-5/h5-7,10H,4,9H2,1-3H3/t5-,6+,7-,8?/m1/s1. The van der Waals surface area contributed by atoms with Gasteiger partial charge in [0.15, 0.2) is 0 Å². The van der Waals surface area contributed by atoms with Gasteiger partial charge in [0.05, 0.1) is 18.3 Å². The SMILES string of the molecule is C[C@@H]1CC(C)(N)[C@H](O)[C@H](C)O1. The summed E-state index contributed by atoms with van der Waals surface area (Å²) < 4.78 is 5.40. The van der Waals surface area contributed by atoms with Crippen LogP contribution in [-0.2, 0) is 4.74 Å². The fraction of sp³-hybridized carbons (Fsp3) is 1.00. The van der Waals surface area contributed by atoms with E-state index in [9.17, 15) is 5.11 Å². The number of hydrogen-bond acceptors (Lipinski definition) is 3. The van der Waals surface area contributed by atoms with Gasteiger partial charge in [-0.15, -0.1) is 0 Å². The van der Waals surface area contributed by atoms with Crippen LogP contribution < -0.4 is 5.73 Å². The molecule has 3 heteroatoms. The van der Waals surface area contributed by atoms with Crippen molar-refractivity contribution in [2.24, 2.45) is 5.73 Å². The molecule has 11 heavy (non-hydrogen) atoms. The van der Waals surface area contributed by atoms with Gasteiger partial charge in [-0.05, 0) is 27.2 Å². The maximum atomic E-state index is 9.57. The van der Waals surface area contributed by atoms with Crippen molar-refractivity contribution in [3.05, 3.63) is 0 Å². The quantitative estimate of drug-likeness (QED) is 0.533. The van der Waals surface area contributed by atoms with Gasteiger partial charge in [0, 0.05) is 5.54 Å². The molecule has 4 atom stereocenters. The Morgan fingerprint density at radius 2 is 2.09 bits per heavy atom. The average Bonchev–Trinajstić information content (AvgIpc) is 1.81. The van der Waals surface area contributed by atoms with Crippen molar-refractivity contribution >= 4 is 0 Å². The Kier molecular flexibility index (Phi) is 2.23. The van der Waals surface area contributed by atoms with Crippen LogP contribution in [0.5, 0.6) is 0 Å². The highest BCUT2D eigenvalue weighted by molar-refractivity contribution is 4.95. The first-order chi connectivity index (χ1) is 4.93. The van der Waals surface area contributed by atoms with E-state index in [0.29, 0.717) is 0 Å². The van der Waals surface area contributed by atoms with Gasteiger partial charge in [-0.2, -0.15) is 0 Å². The first-order valence-corrected chi connectivity index (χ1v) is 4.06. The molecular formula is C8H17NO2. The van der Waals surface area contributed by atoms with E-state index >= 15 is 0 Å². The predicted molar refractivity (Wildman–Crippen MR) is 43.2 cm³/mol. The largest absolute Gasteiger partial charge is 0.389 e. The lowest BCUT2D eigenvalue weighted by Crippen LogP contribution is -2.59. The molecular weight excluding hydrogens is 142 g/mol. The molecule has 1 aliphatic heterocycles. The van der Waals surface area contributed by atoms with E-state index in [0.717, 1.165) is 6.42 Å². The van der Waals surface area contributed by atoms with Gasteiger partial charge in [-0.3, -0.25) is 0 Å². The first-order valence-electron chi connectivity index (χ1n) is 4.06. The number of aliphatic hydroxyl groups is 1. The van der Waals surface area contributed by atoms with Crippen molar-refractivity contribution in [2.75, 3.05) is 0 Å². The molecule has 0 amide bonds. The first kappa shape index (κ1) is 8.97. The molecule has 0 aliphatic carbocycles. The summed E-state index contributed by atoms with van der Waals surface area (Å²) in [6.45, 7) is 5.70. The molecule has 1 rings (SSSR count). The van der Waals surface area contributed by atoms with E-state index in [2.05, 4.69) is 0 Å². The van der Waals surface area contributed by atoms with Crippen LogP contribution in [0.4, 0.5) is 0 Å². The molecule has 0 aromatic carbocycles. The van der Waals surface area contributed by atoms with Gasteiger partial charge in [-0.25, -0.2) is 0 Å². The second-order valence-corrected chi connectivity index (χ2v) is 3.81. The molecule has 3 nitrogen and oxygen atoms in total. The molecule has 1 heterocycles. The van der Waals surface area contributed by atoms with E-state index < -0.39 is 11.6 Å². The molecule has 0 bridgehead atoms. The normalized spacial score (nSPS) is 52.6. The Balaban J connectivity index is 2.67. The molecule has 3 N–H and O–H groups in total. The van der Waals surface area contributed by atoms with Crippen LogP contribution in [0.2, 0.25) is 0 Å². The molecule has 0 aromatic heterocycles. The van der Waals surface area contributed by atoms with Gasteiger partial charge in [-0.1, -0.05) is 0 Å². The zero-order valence-corrected chi connectivity index (χ0v) is 7.37. The molecule has 0 spiro atoms. The van der Waals surface area contributed by atoms with E-state index in [1.165, 1.54) is 0 Å². The number of hydrogen-bond donors (Lipinski definition) is 2. The minimum Gasteiger partial charge on any atom is -0.389 e. The number of ether oxygens (including phenoxy) is 1. The Bertz CT molecular complexity index is 147. The Hall–Kier alpha value is -0.120. The van der Waals surface area contributed by atoms with Gasteiger partial charge < -0.3 is 15.6 Å². The maximum absolute atomic E-state index is 9.57. The summed E-state index contributed by atoms with van der Waals surface area (Å²) in [4.78, 5) is 0. The van der Waals surface area contributed by atoms with Crippen LogP contribution in [0, 0.1) is 0 Å². The molecule has 1 unspecified atom stereocenters.